The molecule has 1 aromatic rings. The molecular weight excluding hydrogens is 276 g/mol. The monoisotopic (exact) mass is 300 g/mol. The van der Waals surface area contributed by atoms with Crippen LogP contribution in [0.25, 0.3) is 0 Å². The SMILES string of the molecule is CCCC(N)C(=O)NCCCc1cccc(OC)c1.Cl. The smallest absolute Gasteiger partial charge is 0.236 e. The molecule has 0 aliphatic heterocycles. The molecule has 0 bridgehead atoms. The zero-order valence-corrected chi connectivity index (χ0v) is 13.0. The molecule has 0 heterocycles. The highest BCUT2D eigenvalue weighted by Gasteiger charge is 2.10. The van der Waals surface area contributed by atoms with E-state index in [0.29, 0.717) is 6.54 Å². The lowest BCUT2D eigenvalue weighted by atomic mass is 10.1. The molecule has 0 saturated carbocycles. The van der Waals surface area contributed by atoms with E-state index in [1.54, 1.807) is 7.11 Å². The zero-order valence-electron chi connectivity index (χ0n) is 12.2. The number of rotatable bonds is 8. The van der Waals surface area contributed by atoms with E-state index in [0.717, 1.165) is 31.4 Å². The minimum atomic E-state index is -0.373. The van der Waals surface area contributed by atoms with Gasteiger partial charge in [0.05, 0.1) is 13.2 Å². The van der Waals surface area contributed by atoms with Crippen molar-refractivity contribution in [1.29, 1.82) is 0 Å². The summed E-state index contributed by atoms with van der Waals surface area (Å²) < 4.78 is 5.17. The number of hydrogen-bond acceptors (Lipinski definition) is 3. The second kappa shape index (κ2) is 10.5. The molecule has 3 N–H and O–H groups in total. The highest BCUT2D eigenvalue weighted by molar-refractivity contribution is 5.85. The summed E-state index contributed by atoms with van der Waals surface area (Å²) in [7, 11) is 1.66. The fraction of sp³-hybridized carbons (Fsp3) is 0.533. The summed E-state index contributed by atoms with van der Waals surface area (Å²) in [5.74, 6) is 0.819. The van der Waals surface area contributed by atoms with Gasteiger partial charge in [-0.1, -0.05) is 25.5 Å². The zero-order chi connectivity index (χ0) is 14.1. The fourth-order valence-corrected chi connectivity index (χ4v) is 1.91. The lowest BCUT2D eigenvalue weighted by molar-refractivity contribution is -0.122. The van der Waals surface area contributed by atoms with Crippen LogP contribution in [0, 0.1) is 0 Å². The minimum absolute atomic E-state index is 0. The van der Waals surface area contributed by atoms with Gasteiger partial charge in [-0.15, -0.1) is 12.4 Å². The van der Waals surface area contributed by atoms with Gasteiger partial charge in [-0.3, -0.25) is 4.79 Å². The van der Waals surface area contributed by atoms with Gasteiger partial charge in [0.2, 0.25) is 5.91 Å². The molecule has 1 amide bonds. The Hall–Kier alpha value is -1.26. The van der Waals surface area contributed by atoms with E-state index in [9.17, 15) is 4.79 Å². The van der Waals surface area contributed by atoms with Crippen molar-refractivity contribution in [3.05, 3.63) is 29.8 Å². The van der Waals surface area contributed by atoms with Gasteiger partial charge in [0.25, 0.3) is 0 Å². The average molecular weight is 301 g/mol. The Morgan fingerprint density at radius 1 is 1.45 bits per heavy atom. The van der Waals surface area contributed by atoms with Crippen LogP contribution >= 0.6 is 12.4 Å². The van der Waals surface area contributed by atoms with Gasteiger partial charge < -0.3 is 15.8 Å². The Bertz CT molecular complexity index is 399. The molecule has 1 unspecified atom stereocenters. The molecular formula is C15H25ClN2O2. The summed E-state index contributed by atoms with van der Waals surface area (Å²) in [6.45, 7) is 2.68. The summed E-state index contributed by atoms with van der Waals surface area (Å²) in [5, 5.41) is 2.87. The number of nitrogens with two attached hydrogens (primary N) is 1. The van der Waals surface area contributed by atoms with Gasteiger partial charge in [0.1, 0.15) is 5.75 Å². The van der Waals surface area contributed by atoms with Crippen molar-refractivity contribution in [1.82, 2.24) is 5.32 Å². The van der Waals surface area contributed by atoms with Crippen molar-refractivity contribution in [3.8, 4) is 5.75 Å². The van der Waals surface area contributed by atoms with Crippen molar-refractivity contribution >= 4 is 18.3 Å². The molecule has 0 aliphatic rings. The number of aryl methyl sites for hydroxylation is 1. The fourth-order valence-electron chi connectivity index (χ4n) is 1.91. The molecule has 1 atom stereocenters. The lowest BCUT2D eigenvalue weighted by Crippen LogP contribution is -2.40. The number of halogens is 1. The number of amides is 1. The highest BCUT2D eigenvalue weighted by Crippen LogP contribution is 2.13. The second-order valence-electron chi connectivity index (χ2n) is 4.64. The predicted molar refractivity (Wildman–Crippen MR) is 84.5 cm³/mol. The quantitative estimate of drug-likeness (QED) is 0.724. The summed E-state index contributed by atoms with van der Waals surface area (Å²) in [6.07, 6.45) is 3.48. The van der Waals surface area contributed by atoms with Crippen LogP contribution in [0.4, 0.5) is 0 Å². The van der Waals surface area contributed by atoms with Gasteiger partial charge in [-0.05, 0) is 37.0 Å². The number of methoxy groups -OCH3 is 1. The Morgan fingerprint density at radius 3 is 2.85 bits per heavy atom. The Balaban J connectivity index is 0.00000361. The highest BCUT2D eigenvalue weighted by atomic mass is 35.5. The maximum absolute atomic E-state index is 11.6. The summed E-state index contributed by atoms with van der Waals surface area (Å²) in [5.41, 5.74) is 6.94. The maximum atomic E-state index is 11.6. The molecule has 0 radical (unpaired) electrons. The van der Waals surface area contributed by atoms with Gasteiger partial charge in [0.15, 0.2) is 0 Å². The summed E-state index contributed by atoms with van der Waals surface area (Å²) >= 11 is 0. The molecule has 20 heavy (non-hydrogen) atoms. The topological polar surface area (TPSA) is 64.4 Å². The van der Waals surface area contributed by atoms with Crippen LogP contribution in [0.3, 0.4) is 0 Å². The number of hydrogen-bond donors (Lipinski definition) is 2. The Morgan fingerprint density at radius 2 is 2.20 bits per heavy atom. The van der Waals surface area contributed by atoms with E-state index < -0.39 is 0 Å². The first-order chi connectivity index (χ1) is 9.17. The van der Waals surface area contributed by atoms with Gasteiger partial charge in [-0.2, -0.15) is 0 Å². The van der Waals surface area contributed by atoms with Crippen molar-refractivity contribution < 1.29 is 9.53 Å². The van der Waals surface area contributed by atoms with Crippen LogP contribution in [0.5, 0.6) is 5.75 Å². The van der Waals surface area contributed by atoms with E-state index in [1.165, 1.54) is 5.56 Å². The molecule has 0 spiro atoms. The molecule has 1 rings (SSSR count). The molecule has 0 saturated heterocycles. The van der Waals surface area contributed by atoms with Crippen molar-refractivity contribution in [2.45, 2.75) is 38.6 Å². The number of carbonyl (C=O) groups excluding carboxylic acids is 1. The third-order valence-electron chi connectivity index (χ3n) is 3.01. The van der Waals surface area contributed by atoms with Crippen LogP contribution in [-0.2, 0) is 11.2 Å². The third-order valence-corrected chi connectivity index (χ3v) is 3.01. The molecule has 4 nitrogen and oxygen atoms in total. The van der Waals surface area contributed by atoms with Crippen molar-refractivity contribution in [2.75, 3.05) is 13.7 Å². The van der Waals surface area contributed by atoms with Gasteiger partial charge in [0, 0.05) is 6.54 Å². The first-order valence-electron chi connectivity index (χ1n) is 6.83. The molecule has 114 valence electrons. The average Bonchev–Trinajstić information content (AvgIpc) is 2.43. The number of benzene rings is 1. The van der Waals surface area contributed by atoms with Crippen LogP contribution in [0.15, 0.2) is 24.3 Å². The van der Waals surface area contributed by atoms with Gasteiger partial charge >= 0.3 is 0 Å². The summed E-state index contributed by atoms with van der Waals surface area (Å²) in [4.78, 5) is 11.6. The Labute approximate surface area is 127 Å². The predicted octanol–water partition coefficient (Wildman–Crippen LogP) is 2.29. The maximum Gasteiger partial charge on any atom is 0.236 e. The van der Waals surface area contributed by atoms with Crippen LogP contribution in [-0.4, -0.2) is 25.6 Å². The first-order valence-corrected chi connectivity index (χ1v) is 6.83. The van der Waals surface area contributed by atoms with Gasteiger partial charge in [-0.25, -0.2) is 0 Å². The third kappa shape index (κ3) is 6.78. The van der Waals surface area contributed by atoms with E-state index >= 15 is 0 Å². The van der Waals surface area contributed by atoms with Crippen molar-refractivity contribution in [2.24, 2.45) is 5.73 Å². The normalized spacial score (nSPS) is 11.3. The number of carbonyl (C=O) groups is 1. The van der Waals surface area contributed by atoms with E-state index in [2.05, 4.69) is 11.4 Å². The summed E-state index contributed by atoms with van der Waals surface area (Å²) in [6, 6.07) is 7.61. The van der Waals surface area contributed by atoms with E-state index in [1.807, 2.05) is 25.1 Å². The lowest BCUT2D eigenvalue weighted by Gasteiger charge is -2.11. The van der Waals surface area contributed by atoms with E-state index in [-0.39, 0.29) is 24.4 Å². The number of ether oxygens (including phenoxy) is 1. The standard InChI is InChI=1S/C15H24N2O2.ClH/c1-3-6-14(16)15(18)17-10-5-8-12-7-4-9-13(11-12)19-2;/h4,7,9,11,14H,3,5-6,8,10,16H2,1-2H3,(H,17,18);1H. The van der Waals surface area contributed by atoms with E-state index in [4.69, 9.17) is 10.5 Å². The Kier molecular flexibility index (Phi) is 9.86. The molecule has 1 aromatic carbocycles. The van der Waals surface area contributed by atoms with Crippen LogP contribution < -0.4 is 15.8 Å². The van der Waals surface area contributed by atoms with Crippen LogP contribution in [0.2, 0.25) is 0 Å². The largest absolute Gasteiger partial charge is 0.497 e. The minimum Gasteiger partial charge on any atom is -0.497 e. The first kappa shape index (κ1) is 18.7. The molecule has 0 aromatic heterocycles. The van der Waals surface area contributed by atoms with Crippen LogP contribution in [0.1, 0.15) is 31.7 Å². The van der Waals surface area contributed by atoms with Crippen molar-refractivity contribution in [3.63, 3.8) is 0 Å². The molecule has 0 fully saturated rings. The second-order valence-corrected chi connectivity index (χ2v) is 4.64. The number of nitrogens with one attached hydrogen (secondary N) is 1. The molecule has 0 aliphatic carbocycles. The molecule has 5 heteroatoms.